The van der Waals surface area contributed by atoms with Crippen molar-refractivity contribution in [3.05, 3.63) is 0 Å². The number of rotatable bonds is 6. The molecule has 0 saturated heterocycles. The highest BCUT2D eigenvalue weighted by Crippen LogP contribution is 2.11. The Balaban J connectivity index is 2.89. The first-order chi connectivity index (χ1) is 4.81. The van der Waals surface area contributed by atoms with Crippen LogP contribution >= 0.6 is 15.9 Å². The standard InChI is InChI=1S/C9H19Br/c1-3-4-5-6-7-9(2)8-10/h9H,3-8H2,1-2H3. The summed E-state index contributed by atoms with van der Waals surface area (Å²) in [6.45, 7) is 4.56. The fraction of sp³-hybridized carbons (Fsp3) is 1.00. The Morgan fingerprint density at radius 2 is 1.90 bits per heavy atom. The first-order valence-corrected chi connectivity index (χ1v) is 5.49. The molecular weight excluding hydrogens is 188 g/mol. The third kappa shape index (κ3) is 6.60. The summed E-state index contributed by atoms with van der Waals surface area (Å²) in [6.07, 6.45) is 7.00. The van der Waals surface area contributed by atoms with E-state index in [0.29, 0.717) is 0 Å². The van der Waals surface area contributed by atoms with Crippen LogP contribution in [0.3, 0.4) is 0 Å². The highest BCUT2D eigenvalue weighted by molar-refractivity contribution is 9.09. The number of hydrogen-bond donors (Lipinski definition) is 0. The van der Waals surface area contributed by atoms with Crippen LogP contribution in [0.1, 0.15) is 46.0 Å². The molecule has 10 heavy (non-hydrogen) atoms. The summed E-state index contributed by atoms with van der Waals surface area (Å²) in [5, 5.41) is 1.17. The summed E-state index contributed by atoms with van der Waals surface area (Å²) in [6, 6.07) is 0. The molecular formula is C9H19Br. The average Bonchev–Trinajstić information content (AvgIpc) is 1.98. The van der Waals surface area contributed by atoms with E-state index < -0.39 is 0 Å². The molecule has 0 aromatic carbocycles. The first kappa shape index (κ1) is 10.5. The largest absolute Gasteiger partial charge is 0.0925 e. The Kier molecular flexibility index (Phi) is 7.95. The molecule has 0 nitrogen and oxygen atoms in total. The molecule has 0 fully saturated rings. The summed E-state index contributed by atoms with van der Waals surface area (Å²) < 4.78 is 0. The SMILES string of the molecule is CCCCCCC(C)CBr. The molecule has 0 rings (SSSR count). The van der Waals surface area contributed by atoms with Crippen LogP contribution in [-0.4, -0.2) is 5.33 Å². The zero-order valence-corrected chi connectivity index (χ0v) is 8.78. The van der Waals surface area contributed by atoms with E-state index in [4.69, 9.17) is 0 Å². The molecule has 1 heteroatoms. The highest BCUT2D eigenvalue weighted by atomic mass is 79.9. The van der Waals surface area contributed by atoms with E-state index in [9.17, 15) is 0 Å². The van der Waals surface area contributed by atoms with Crippen LogP contribution in [0.4, 0.5) is 0 Å². The van der Waals surface area contributed by atoms with Crippen LogP contribution in [0.5, 0.6) is 0 Å². The van der Waals surface area contributed by atoms with Gasteiger partial charge in [0.1, 0.15) is 0 Å². The van der Waals surface area contributed by atoms with E-state index in [1.807, 2.05) is 0 Å². The van der Waals surface area contributed by atoms with E-state index in [2.05, 4.69) is 29.8 Å². The lowest BCUT2D eigenvalue weighted by Crippen LogP contribution is -1.94. The van der Waals surface area contributed by atoms with Crippen LogP contribution in [0.25, 0.3) is 0 Å². The average molecular weight is 207 g/mol. The molecule has 0 radical (unpaired) electrons. The fourth-order valence-electron chi connectivity index (χ4n) is 0.997. The summed E-state index contributed by atoms with van der Waals surface area (Å²) in [5.41, 5.74) is 0. The molecule has 0 spiro atoms. The predicted octanol–water partition coefficient (Wildman–Crippen LogP) is 3.99. The lowest BCUT2D eigenvalue weighted by molar-refractivity contribution is 0.533. The van der Waals surface area contributed by atoms with Gasteiger partial charge in [-0.3, -0.25) is 0 Å². The smallest absolute Gasteiger partial charge is 0.00570 e. The van der Waals surface area contributed by atoms with Gasteiger partial charge in [0, 0.05) is 5.33 Å². The molecule has 1 atom stereocenters. The van der Waals surface area contributed by atoms with Crippen molar-refractivity contribution < 1.29 is 0 Å². The van der Waals surface area contributed by atoms with E-state index in [1.54, 1.807) is 0 Å². The number of halogens is 1. The minimum atomic E-state index is 0.872. The van der Waals surface area contributed by atoms with Gasteiger partial charge in [0.25, 0.3) is 0 Å². The molecule has 0 aliphatic rings. The number of unbranched alkanes of at least 4 members (excludes halogenated alkanes) is 3. The van der Waals surface area contributed by atoms with Crippen molar-refractivity contribution in [2.75, 3.05) is 5.33 Å². The van der Waals surface area contributed by atoms with E-state index in [0.717, 1.165) is 5.92 Å². The third-order valence-corrected chi connectivity index (χ3v) is 2.92. The number of hydrogen-bond acceptors (Lipinski definition) is 0. The van der Waals surface area contributed by atoms with Crippen molar-refractivity contribution in [1.82, 2.24) is 0 Å². The van der Waals surface area contributed by atoms with Crippen LogP contribution in [0, 0.1) is 5.92 Å². The molecule has 0 amide bonds. The van der Waals surface area contributed by atoms with Crippen LogP contribution in [-0.2, 0) is 0 Å². The Morgan fingerprint density at radius 1 is 1.20 bits per heavy atom. The summed E-state index contributed by atoms with van der Waals surface area (Å²) >= 11 is 3.48. The van der Waals surface area contributed by atoms with Gasteiger partial charge in [0.15, 0.2) is 0 Å². The second kappa shape index (κ2) is 7.59. The Bertz CT molecular complexity index is 61.7. The minimum absolute atomic E-state index is 0.872. The van der Waals surface area contributed by atoms with Gasteiger partial charge in [-0.05, 0) is 12.3 Å². The van der Waals surface area contributed by atoms with Crippen molar-refractivity contribution in [2.45, 2.75) is 46.0 Å². The van der Waals surface area contributed by atoms with Crippen LogP contribution in [0.15, 0.2) is 0 Å². The highest BCUT2D eigenvalue weighted by Gasteiger charge is 1.97. The maximum atomic E-state index is 3.48. The summed E-state index contributed by atoms with van der Waals surface area (Å²) in [5.74, 6) is 0.872. The minimum Gasteiger partial charge on any atom is -0.0925 e. The van der Waals surface area contributed by atoms with Gasteiger partial charge in [0.05, 0.1) is 0 Å². The quantitative estimate of drug-likeness (QED) is 0.456. The molecule has 0 saturated carbocycles. The zero-order valence-electron chi connectivity index (χ0n) is 7.20. The van der Waals surface area contributed by atoms with Crippen molar-refractivity contribution in [2.24, 2.45) is 5.92 Å². The summed E-state index contributed by atoms with van der Waals surface area (Å²) in [7, 11) is 0. The molecule has 0 heterocycles. The molecule has 0 aliphatic carbocycles. The Hall–Kier alpha value is 0.480. The van der Waals surface area contributed by atoms with E-state index in [1.165, 1.54) is 37.4 Å². The molecule has 0 aromatic heterocycles. The molecule has 0 aliphatic heterocycles. The van der Waals surface area contributed by atoms with Gasteiger partial charge < -0.3 is 0 Å². The fourth-order valence-corrected chi connectivity index (χ4v) is 1.32. The van der Waals surface area contributed by atoms with Crippen LogP contribution < -0.4 is 0 Å². The van der Waals surface area contributed by atoms with Gasteiger partial charge in [-0.2, -0.15) is 0 Å². The molecule has 0 aromatic rings. The van der Waals surface area contributed by atoms with Gasteiger partial charge in [0.2, 0.25) is 0 Å². The van der Waals surface area contributed by atoms with Crippen LogP contribution in [0.2, 0.25) is 0 Å². The molecule has 62 valence electrons. The Morgan fingerprint density at radius 3 is 2.40 bits per heavy atom. The predicted molar refractivity (Wildman–Crippen MR) is 51.7 cm³/mol. The van der Waals surface area contributed by atoms with Gasteiger partial charge in [-0.15, -0.1) is 0 Å². The van der Waals surface area contributed by atoms with E-state index >= 15 is 0 Å². The topological polar surface area (TPSA) is 0 Å². The van der Waals surface area contributed by atoms with Crippen molar-refractivity contribution >= 4 is 15.9 Å². The molecule has 1 unspecified atom stereocenters. The lowest BCUT2D eigenvalue weighted by Gasteiger charge is -2.05. The maximum absolute atomic E-state index is 3.48. The van der Waals surface area contributed by atoms with Gasteiger partial charge in [-0.25, -0.2) is 0 Å². The molecule has 0 bridgehead atoms. The molecule has 0 N–H and O–H groups in total. The van der Waals surface area contributed by atoms with Crippen molar-refractivity contribution in [1.29, 1.82) is 0 Å². The second-order valence-corrected chi connectivity index (χ2v) is 3.76. The second-order valence-electron chi connectivity index (χ2n) is 3.11. The van der Waals surface area contributed by atoms with Crippen molar-refractivity contribution in [3.8, 4) is 0 Å². The van der Waals surface area contributed by atoms with Gasteiger partial charge in [-0.1, -0.05) is 55.5 Å². The van der Waals surface area contributed by atoms with Gasteiger partial charge >= 0.3 is 0 Å². The third-order valence-electron chi connectivity index (χ3n) is 1.81. The zero-order chi connectivity index (χ0) is 7.82. The first-order valence-electron chi connectivity index (χ1n) is 4.37. The lowest BCUT2D eigenvalue weighted by atomic mass is 10.0. The maximum Gasteiger partial charge on any atom is 0.00570 e. The monoisotopic (exact) mass is 206 g/mol. The Labute approximate surface area is 73.5 Å². The van der Waals surface area contributed by atoms with Crippen molar-refractivity contribution in [3.63, 3.8) is 0 Å². The normalized spacial score (nSPS) is 13.5. The summed E-state index contributed by atoms with van der Waals surface area (Å²) in [4.78, 5) is 0. The number of alkyl halides is 1. The van der Waals surface area contributed by atoms with E-state index in [-0.39, 0.29) is 0 Å².